The minimum Gasteiger partial charge on any atom is -0.480 e. The maximum Gasteiger partial charge on any atom is 0.326 e. The largest absolute Gasteiger partial charge is 0.480 e. The Bertz CT molecular complexity index is 471. The molecular weight excluding hydrogens is 228 g/mol. The second-order valence-corrected chi connectivity index (χ2v) is 5.22. The number of hydrogen-bond acceptors (Lipinski definition) is 3. The molecule has 3 rings (SSSR count). The third-order valence-corrected chi connectivity index (χ3v) is 3.94. The van der Waals surface area contributed by atoms with Gasteiger partial charge in [-0.25, -0.2) is 4.79 Å². The van der Waals surface area contributed by atoms with E-state index in [1.807, 2.05) is 18.2 Å². The molecule has 4 heteroatoms. The maximum atomic E-state index is 11.5. The fourth-order valence-electron chi connectivity index (χ4n) is 2.82. The van der Waals surface area contributed by atoms with E-state index in [1.54, 1.807) is 0 Å². The van der Waals surface area contributed by atoms with Crippen LogP contribution in [0.3, 0.4) is 0 Å². The van der Waals surface area contributed by atoms with Crippen molar-refractivity contribution in [2.24, 2.45) is 5.92 Å². The molecule has 0 amide bonds. The average Bonchev–Trinajstić information content (AvgIpc) is 3.17. The van der Waals surface area contributed by atoms with Gasteiger partial charge in [0.05, 0.1) is 11.4 Å². The van der Waals surface area contributed by atoms with Gasteiger partial charge in [0.15, 0.2) is 0 Å². The van der Waals surface area contributed by atoms with Gasteiger partial charge in [0, 0.05) is 20.1 Å². The number of aliphatic carboxylic acids is 1. The summed E-state index contributed by atoms with van der Waals surface area (Å²) in [7, 11) is 2.06. The van der Waals surface area contributed by atoms with Gasteiger partial charge in [-0.3, -0.25) is 0 Å². The molecule has 2 aliphatic rings. The Morgan fingerprint density at radius 2 is 1.94 bits per heavy atom. The number of likely N-dealkylation sites (N-methyl/N-ethyl adjacent to an activating group) is 1. The molecule has 0 bridgehead atoms. The van der Waals surface area contributed by atoms with Gasteiger partial charge in [-0.05, 0) is 30.9 Å². The number of nitrogens with zero attached hydrogens (tertiary/aromatic N) is 2. The minimum atomic E-state index is -0.683. The summed E-state index contributed by atoms with van der Waals surface area (Å²) in [5.74, 6) is -0.351. The van der Waals surface area contributed by atoms with Crippen LogP contribution in [0.4, 0.5) is 11.4 Å². The molecule has 1 aromatic rings. The maximum absolute atomic E-state index is 11.5. The van der Waals surface area contributed by atoms with E-state index < -0.39 is 5.97 Å². The molecule has 18 heavy (non-hydrogen) atoms. The van der Waals surface area contributed by atoms with Gasteiger partial charge in [-0.2, -0.15) is 0 Å². The molecule has 1 heterocycles. The SMILES string of the molecule is CN1CCN(C(C(=O)O)C2CC2)c2ccccc21. The van der Waals surface area contributed by atoms with E-state index in [-0.39, 0.29) is 6.04 Å². The highest BCUT2D eigenvalue weighted by Gasteiger charge is 2.42. The van der Waals surface area contributed by atoms with E-state index in [0.717, 1.165) is 37.3 Å². The van der Waals surface area contributed by atoms with Crippen molar-refractivity contribution in [2.45, 2.75) is 18.9 Å². The van der Waals surface area contributed by atoms with Gasteiger partial charge < -0.3 is 14.9 Å². The number of carbonyl (C=O) groups is 1. The number of carboxylic acids is 1. The highest BCUT2D eigenvalue weighted by Crippen LogP contribution is 2.41. The van der Waals surface area contributed by atoms with Crippen LogP contribution < -0.4 is 9.80 Å². The van der Waals surface area contributed by atoms with E-state index >= 15 is 0 Å². The number of para-hydroxylation sites is 2. The molecular formula is C14H18N2O2. The molecule has 1 fully saturated rings. The Balaban J connectivity index is 1.98. The molecule has 0 radical (unpaired) electrons. The summed E-state index contributed by atoms with van der Waals surface area (Å²) in [4.78, 5) is 15.8. The lowest BCUT2D eigenvalue weighted by Crippen LogP contribution is -2.49. The van der Waals surface area contributed by atoms with E-state index in [9.17, 15) is 9.90 Å². The highest BCUT2D eigenvalue weighted by atomic mass is 16.4. The predicted molar refractivity (Wildman–Crippen MR) is 71.2 cm³/mol. The van der Waals surface area contributed by atoms with Crippen molar-refractivity contribution in [3.63, 3.8) is 0 Å². The third kappa shape index (κ3) is 1.82. The molecule has 1 atom stereocenters. The molecule has 1 N–H and O–H groups in total. The zero-order valence-corrected chi connectivity index (χ0v) is 10.5. The molecule has 4 nitrogen and oxygen atoms in total. The van der Waals surface area contributed by atoms with Crippen LogP contribution in [0.15, 0.2) is 24.3 Å². The van der Waals surface area contributed by atoms with Gasteiger partial charge in [-0.15, -0.1) is 0 Å². The van der Waals surface area contributed by atoms with Crippen molar-refractivity contribution in [3.8, 4) is 0 Å². The topological polar surface area (TPSA) is 43.8 Å². The number of hydrogen-bond donors (Lipinski definition) is 1. The van der Waals surface area contributed by atoms with E-state index in [4.69, 9.17) is 0 Å². The lowest BCUT2D eigenvalue weighted by Gasteiger charge is -2.40. The highest BCUT2D eigenvalue weighted by molar-refractivity contribution is 5.83. The van der Waals surface area contributed by atoms with Crippen molar-refractivity contribution in [2.75, 3.05) is 29.9 Å². The van der Waals surface area contributed by atoms with Gasteiger partial charge >= 0.3 is 5.97 Å². The Kier molecular flexibility index (Phi) is 2.65. The van der Waals surface area contributed by atoms with Gasteiger partial charge in [-0.1, -0.05) is 12.1 Å². The van der Waals surface area contributed by atoms with Crippen LogP contribution in [0.25, 0.3) is 0 Å². The Morgan fingerprint density at radius 3 is 2.56 bits per heavy atom. The van der Waals surface area contributed by atoms with Gasteiger partial charge in [0.1, 0.15) is 6.04 Å². The molecule has 1 unspecified atom stereocenters. The fraction of sp³-hybridized carbons (Fsp3) is 0.500. The number of rotatable bonds is 3. The first-order valence-electron chi connectivity index (χ1n) is 6.48. The Hall–Kier alpha value is -1.71. The zero-order valence-electron chi connectivity index (χ0n) is 10.5. The van der Waals surface area contributed by atoms with E-state index in [1.165, 1.54) is 0 Å². The summed E-state index contributed by atoms with van der Waals surface area (Å²) in [6.45, 7) is 1.68. The lowest BCUT2D eigenvalue weighted by atomic mass is 10.1. The van der Waals surface area contributed by atoms with Crippen molar-refractivity contribution in [1.29, 1.82) is 0 Å². The quantitative estimate of drug-likeness (QED) is 0.883. The lowest BCUT2D eigenvalue weighted by molar-refractivity contribution is -0.139. The fourth-order valence-corrected chi connectivity index (χ4v) is 2.82. The standard InChI is InChI=1S/C14H18N2O2/c1-15-8-9-16(12-5-3-2-4-11(12)15)13(14(17)18)10-6-7-10/h2-5,10,13H,6-9H2,1H3,(H,17,18). The van der Waals surface area contributed by atoms with Crippen LogP contribution >= 0.6 is 0 Å². The van der Waals surface area contributed by atoms with E-state index in [2.05, 4.69) is 22.9 Å². The summed E-state index contributed by atoms with van der Waals surface area (Å²) < 4.78 is 0. The molecule has 1 aliphatic carbocycles. The van der Waals surface area contributed by atoms with Crippen LogP contribution in [0.5, 0.6) is 0 Å². The summed E-state index contributed by atoms with van der Waals surface area (Å²) in [6.07, 6.45) is 2.09. The van der Waals surface area contributed by atoms with Gasteiger partial charge in [0.2, 0.25) is 0 Å². The van der Waals surface area contributed by atoms with Crippen LogP contribution in [-0.4, -0.2) is 37.3 Å². The van der Waals surface area contributed by atoms with Gasteiger partial charge in [0.25, 0.3) is 0 Å². The number of anilines is 2. The second kappa shape index (κ2) is 4.19. The molecule has 1 saturated carbocycles. The molecule has 96 valence electrons. The van der Waals surface area contributed by atoms with Crippen LogP contribution in [0.2, 0.25) is 0 Å². The third-order valence-electron chi connectivity index (χ3n) is 3.94. The first-order chi connectivity index (χ1) is 8.68. The average molecular weight is 246 g/mol. The Morgan fingerprint density at radius 1 is 1.28 bits per heavy atom. The number of benzene rings is 1. The second-order valence-electron chi connectivity index (χ2n) is 5.22. The molecule has 1 aromatic carbocycles. The zero-order chi connectivity index (χ0) is 12.7. The minimum absolute atomic E-state index is 0.332. The molecule has 1 aliphatic heterocycles. The predicted octanol–water partition coefficient (Wildman–Crippen LogP) is 1.81. The molecule has 0 spiro atoms. The normalized spacial score (nSPS) is 20.5. The van der Waals surface area contributed by atoms with Crippen molar-refractivity contribution in [3.05, 3.63) is 24.3 Å². The number of fused-ring (bicyclic) bond motifs is 1. The Labute approximate surface area is 107 Å². The first kappa shape index (κ1) is 11.4. The summed E-state index contributed by atoms with van der Waals surface area (Å²) in [6, 6.07) is 7.74. The van der Waals surface area contributed by atoms with Crippen molar-refractivity contribution in [1.82, 2.24) is 0 Å². The molecule has 0 aromatic heterocycles. The van der Waals surface area contributed by atoms with Crippen molar-refractivity contribution >= 4 is 17.3 Å². The monoisotopic (exact) mass is 246 g/mol. The first-order valence-corrected chi connectivity index (χ1v) is 6.48. The van der Waals surface area contributed by atoms with Crippen molar-refractivity contribution < 1.29 is 9.90 Å². The summed E-state index contributed by atoms with van der Waals surface area (Å²) in [5, 5.41) is 9.47. The smallest absolute Gasteiger partial charge is 0.326 e. The molecule has 0 saturated heterocycles. The summed E-state index contributed by atoms with van der Waals surface area (Å²) in [5.41, 5.74) is 2.20. The van der Waals surface area contributed by atoms with Crippen LogP contribution in [0, 0.1) is 5.92 Å². The van der Waals surface area contributed by atoms with Crippen LogP contribution in [0.1, 0.15) is 12.8 Å². The van der Waals surface area contributed by atoms with E-state index in [0.29, 0.717) is 5.92 Å². The van der Waals surface area contributed by atoms with Crippen LogP contribution in [-0.2, 0) is 4.79 Å². The number of carboxylic acid groups (broad SMARTS) is 1. The summed E-state index contributed by atoms with van der Waals surface area (Å²) >= 11 is 0.